The van der Waals surface area contributed by atoms with E-state index >= 15 is 0 Å². The molecule has 88 valence electrons. The Morgan fingerprint density at radius 1 is 1.11 bits per heavy atom. The number of hydrogen-bond donors (Lipinski definition) is 0. The third kappa shape index (κ3) is 1.61. The van der Waals surface area contributed by atoms with E-state index in [1.54, 1.807) is 12.3 Å². The lowest BCUT2D eigenvalue weighted by molar-refractivity contribution is 0.112. The van der Waals surface area contributed by atoms with E-state index in [-0.39, 0.29) is 5.56 Å². The molecule has 3 heteroatoms. The van der Waals surface area contributed by atoms with Crippen molar-refractivity contribution in [2.24, 2.45) is 0 Å². The molecule has 0 aliphatic heterocycles. The monoisotopic (exact) mass is 240 g/mol. The van der Waals surface area contributed by atoms with Crippen LogP contribution in [0, 0.1) is 5.82 Å². The van der Waals surface area contributed by atoms with E-state index < -0.39 is 5.82 Å². The lowest BCUT2D eigenvalue weighted by Gasteiger charge is -2.04. The van der Waals surface area contributed by atoms with Crippen molar-refractivity contribution in [1.82, 2.24) is 0 Å². The van der Waals surface area contributed by atoms with Gasteiger partial charge in [-0.1, -0.05) is 18.2 Å². The maximum Gasteiger partial charge on any atom is 0.152 e. The molecule has 0 aliphatic rings. The highest BCUT2D eigenvalue weighted by molar-refractivity contribution is 5.94. The smallest absolute Gasteiger partial charge is 0.152 e. The average Bonchev–Trinajstić information content (AvgIpc) is 2.86. The SMILES string of the molecule is O=Cc1ccc(-c2cccc3occc23)cc1F. The van der Waals surface area contributed by atoms with Gasteiger partial charge >= 0.3 is 0 Å². The van der Waals surface area contributed by atoms with Gasteiger partial charge < -0.3 is 4.42 Å². The zero-order chi connectivity index (χ0) is 12.5. The van der Waals surface area contributed by atoms with Gasteiger partial charge in [-0.3, -0.25) is 4.79 Å². The van der Waals surface area contributed by atoms with Gasteiger partial charge in [0.05, 0.1) is 11.8 Å². The number of furan rings is 1. The lowest BCUT2D eigenvalue weighted by Crippen LogP contribution is -1.88. The van der Waals surface area contributed by atoms with Gasteiger partial charge in [-0.15, -0.1) is 0 Å². The molecule has 0 saturated heterocycles. The van der Waals surface area contributed by atoms with Gasteiger partial charge in [0.2, 0.25) is 0 Å². The summed E-state index contributed by atoms with van der Waals surface area (Å²) in [6.07, 6.45) is 2.11. The number of benzene rings is 2. The van der Waals surface area contributed by atoms with Gasteiger partial charge in [-0.2, -0.15) is 0 Å². The summed E-state index contributed by atoms with van der Waals surface area (Å²) in [5.41, 5.74) is 2.44. The average molecular weight is 240 g/mol. The van der Waals surface area contributed by atoms with Crippen LogP contribution in [0.4, 0.5) is 4.39 Å². The number of rotatable bonds is 2. The molecule has 0 fully saturated rings. The Hall–Kier alpha value is -2.42. The molecule has 3 aromatic rings. The number of fused-ring (bicyclic) bond motifs is 1. The molecular weight excluding hydrogens is 231 g/mol. The predicted molar refractivity (Wildman–Crippen MR) is 67.0 cm³/mol. The molecule has 0 saturated carbocycles. The van der Waals surface area contributed by atoms with Crippen molar-refractivity contribution in [1.29, 1.82) is 0 Å². The molecule has 1 aromatic heterocycles. The highest BCUT2D eigenvalue weighted by Crippen LogP contribution is 2.30. The van der Waals surface area contributed by atoms with Gasteiger partial charge in [0.25, 0.3) is 0 Å². The quantitative estimate of drug-likeness (QED) is 0.632. The summed E-state index contributed by atoms with van der Waals surface area (Å²) in [5, 5.41) is 0.927. The van der Waals surface area contributed by atoms with E-state index in [1.165, 1.54) is 12.1 Å². The van der Waals surface area contributed by atoms with Crippen LogP contribution in [0.3, 0.4) is 0 Å². The van der Waals surface area contributed by atoms with Crippen LogP contribution in [0.25, 0.3) is 22.1 Å². The van der Waals surface area contributed by atoms with Crippen LogP contribution in [0.1, 0.15) is 10.4 Å². The van der Waals surface area contributed by atoms with E-state index in [2.05, 4.69) is 0 Å². The second-order valence-corrected chi connectivity index (χ2v) is 3.99. The third-order valence-electron chi connectivity index (χ3n) is 2.93. The van der Waals surface area contributed by atoms with E-state index in [0.717, 1.165) is 22.1 Å². The van der Waals surface area contributed by atoms with Gasteiger partial charge in [-0.25, -0.2) is 4.39 Å². The van der Waals surface area contributed by atoms with Crippen molar-refractivity contribution in [2.45, 2.75) is 0 Å². The molecule has 2 nitrogen and oxygen atoms in total. The number of halogens is 1. The molecule has 0 radical (unpaired) electrons. The summed E-state index contributed by atoms with van der Waals surface area (Å²) in [6.45, 7) is 0. The molecule has 0 bridgehead atoms. The minimum Gasteiger partial charge on any atom is -0.464 e. The molecule has 0 unspecified atom stereocenters. The Morgan fingerprint density at radius 3 is 2.78 bits per heavy atom. The van der Waals surface area contributed by atoms with Crippen LogP contribution in [0.15, 0.2) is 53.1 Å². The zero-order valence-corrected chi connectivity index (χ0v) is 9.39. The number of hydrogen-bond acceptors (Lipinski definition) is 2. The van der Waals surface area contributed by atoms with Crippen LogP contribution in [-0.2, 0) is 0 Å². The standard InChI is InChI=1S/C15H9FO2/c16-14-8-10(4-5-11(14)9-17)12-2-1-3-15-13(12)6-7-18-15/h1-9H. The van der Waals surface area contributed by atoms with Crippen LogP contribution in [0.5, 0.6) is 0 Å². The van der Waals surface area contributed by atoms with E-state index in [0.29, 0.717) is 6.29 Å². The minimum absolute atomic E-state index is 0.0677. The third-order valence-corrected chi connectivity index (χ3v) is 2.93. The normalized spacial score (nSPS) is 10.7. The molecule has 2 aromatic carbocycles. The van der Waals surface area contributed by atoms with Crippen molar-refractivity contribution in [3.05, 3.63) is 60.1 Å². The number of aldehydes is 1. The minimum atomic E-state index is -0.511. The van der Waals surface area contributed by atoms with E-state index in [4.69, 9.17) is 4.42 Å². The fraction of sp³-hybridized carbons (Fsp3) is 0. The van der Waals surface area contributed by atoms with Gasteiger partial charge in [-0.05, 0) is 35.4 Å². The van der Waals surface area contributed by atoms with Crippen LogP contribution < -0.4 is 0 Å². The second kappa shape index (κ2) is 4.11. The Balaban J connectivity index is 2.23. The van der Waals surface area contributed by atoms with Crippen molar-refractivity contribution >= 4 is 17.3 Å². The maximum absolute atomic E-state index is 13.6. The molecule has 0 amide bonds. The first-order chi connectivity index (χ1) is 8.79. The fourth-order valence-corrected chi connectivity index (χ4v) is 2.04. The van der Waals surface area contributed by atoms with Crippen molar-refractivity contribution in [3.8, 4) is 11.1 Å². The molecule has 1 heterocycles. The molecule has 0 N–H and O–H groups in total. The van der Waals surface area contributed by atoms with Gasteiger partial charge in [0.1, 0.15) is 11.4 Å². The second-order valence-electron chi connectivity index (χ2n) is 3.99. The first-order valence-corrected chi connectivity index (χ1v) is 5.51. The molecule has 3 rings (SSSR count). The Kier molecular flexibility index (Phi) is 2.45. The Bertz CT molecular complexity index is 728. The Morgan fingerprint density at radius 2 is 2.00 bits per heavy atom. The maximum atomic E-state index is 13.6. The first-order valence-electron chi connectivity index (χ1n) is 5.51. The van der Waals surface area contributed by atoms with Crippen molar-refractivity contribution in [2.75, 3.05) is 0 Å². The molecule has 0 atom stereocenters. The van der Waals surface area contributed by atoms with E-state index in [1.807, 2.05) is 24.3 Å². The predicted octanol–water partition coefficient (Wildman–Crippen LogP) is 4.05. The van der Waals surface area contributed by atoms with Crippen molar-refractivity contribution < 1.29 is 13.6 Å². The van der Waals surface area contributed by atoms with Crippen LogP contribution in [0.2, 0.25) is 0 Å². The highest BCUT2D eigenvalue weighted by Gasteiger charge is 2.08. The molecule has 0 spiro atoms. The largest absolute Gasteiger partial charge is 0.464 e. The Labute approximate surface area is 103 Å². The summed E-state index contributed by atoms with van der Waals surface area (Å²) in [6, 6.07) is 12.0. The number of carbonyl (C=O) groups excluding carboxylic acids is 1. The summed E-state index contributed by atoms with van der Waals surface area (Å²) >= 11 is 0. The van der Waals surface area contributed by atoms with Crippen LogP contribution >= 0.6 is 0 Å². The van der Waals surface area contributed by atoms with Crippen LogP contribution in [-0.4, -0.2) is 6.29 Å². The first kappa shape index (κ1) is 10.7. The summed E-state index contributed by atoms with van der Waals surface area (Å²) < 4.78 is 18.9. The highest BCUT2D eigenvalue weighted by atomic mass is 19.1. The molecule has 18 heavy (non-hydrogen) atoms. The lowest BCUT2D eigenvalue weighted by atomic mass is 10.0. The van der Waals surface area contributed by atoms with E-state index in [9.17, 15) is 9.18 Å². The number of carbonyl (C=O) groups is 1. The van der Waals surface area contributed by atoms with Crippen molar-refractivity contribution in [3.63, 3.8) is 0 Å². The van der Waals surface area contributed by atoms with Gasteiger partial charge in [0.15, 0.2) is 6.29 Å². The summed E-state index contributed by atoms with van der Waals surface area (Å²) in [7, 11) is 0. The summed E-state index contributed by atoms with van der Waals surface area (Å²) in [4.78, 5) is 10.6. The summed E-state index contributed by atoms with van der Waals surface area (Å²) in [5.74, 6) is -0.511. The molecule has 0 aliphatic carbocycles. The fourth-order valence-electron chi connectivity index (χ4n) is 2.04. The zero-order valence-electron chi connectivity index (χ0n) is 9.39. The molecular formula is C15H9FO2. The van der Waals surface area contributed by atoms with Gasteiger partial charge in [0, 0.05) is 5.39 Å². The topological polar surface area (TPSA) is 30.2 Å².